The number of hydrogen-bond acceptors (Lipinski definition) is 2. The summed E-state index contributed by atoms with van der Waals surface area (Å²) in [5, 5.41) is 0. The molecule has 0 N–H and O–H groups in total. The Labute approximate surface area is 149 Å². The van der Waals surface area contributed by atoms with Crippen LogP contribution in [0.15, 0.2) is 18.2 Å². The van der Waals surface area contributed by atoms with Crippen molar-refractivity contribution in [3.05, 3.63) is 34.9 Å². The Morgan fingerprint density at radius 1 is 1.08 bits per heavy atom. The largest absolute Gasteiger partial charge is 0.297 e. The van der Waals surface area contributed by atoms with Crippen molar-refractivity contribution >= 4 is 0 Å². The summed E-state index contributed by atoms with van der Waals surface area (Å²) in [5.74, 6) is 0.840. The lowest BCUT2D eigenvalue weighted by molar-refractivity contribution is 0.0756. The second-order valence-electron chi connectivity index (χ2n) is 8.57. The first-order valence-electron chi connectivity index (χ1n) is 10.1. The summed E-state index contributed by atoms with van der Waals surface area (Å²) in [7, 11) is 0. The summed E-state index contributed by atoms with van der Waals surface area (Å²) in [6.45, 7) is 15.5. The zero-order valence-electron chi connectivity index (χ0n) is 16.4. The van der Waals surface area contributed by atoms with Gasteiger partial charge in [-0.05, 0) is 82.5 Å². The summed E-state index contributed by atoms with van der Waals surface area (Å²) in [4.78, 5) is 5.33. The van der Waals surface area contributed by atoms with Gasteiger partial charge in [0.15, 0.2) is 0 Å². The molecule has 2 heteroatoms. The maximum atomic E-state index is 2.74. The fourth-order valence-electron chi connectivity index (χ4n) is 4.64. The summed E-state index contributed by atoms with van der Waals surface area (Å²) >= 11 is 0. The van der Waals surface area contributed by atoms with E-state index in [0.717, 1.165) is 18.5 Å². The molecule has 0 spiro atoms. The predicted molar refractivity (Wildman–Crippen MR) is 103 cm³/mol. The van der Waals surface area contributed by atoms with Gasteiger partial charge in [-0.15, -0.1) is 0 Å². The van der Waals surface area contributed by atoms with E-state index in [4.69, 9.17) is 0 Å². The highest BCUT2D eigenvalue weighted by molar-refractivity contribution is 5.34. The molecule has 0 saturated carbocycles. The summed E-state index contributed by atoms with van der Waals surface area (Å²) in [6, 6.07) is 9.32. The van der Waals surface area contributed by atoms with Crippen molar-refractivity contribution in [2.45, 2.75) is 85.0 Å². The van der Waals surface area contributed by atoms with Gasteiger partial charge in [-0.25, -0.2) is 0 Å². The lowest BCUT2D eigenvalue weighted by atomic mass is 9.89. The maximum Gasteiger partial charge on any atom is 0.0239 e. The van der Waals surface area contributed by atoms with Crippen LogP contribution in [0.2, 0.25) is 0 Å². The highest BCUT2D eigenvalue weighted by atomic mass is 15.2. The first kappa shape index (κ1) is 17.9. The first-order valence-corrected chi connectivity index (χ1v) is 10.1. The Bertz CT molecular complexity index is 551. The number of rotatable bonds is 4. The molecule has 2 heterocycles. The van der Waals surface area contributed by atoms with Crippen molar-refractivity contribution in [2.75, 3.05) is 13.1 Å². The van der Waals surface area contributed by atoms with Gasteiger partial charge in [0.2, 0.25) is 0 Å². The van der Waals surface area contributed by atoms with Crippen molar-refractivity contribution in [1.82, 2.24) is 9.80 Å². The van der Waals surface area contributed by atoms with Crippen LogP contribution in [0.25, 0.3) is 0 Å². The Balaban J connectivity index is 1.66. The third kappa shape index (κ3) is 3.86. The number of fused-ring (bicyclic) bond motifs is 1. The molecule has 1 fully saturated rings. The van der Waals surface area contributed by atoms with E-state index in [1.165, 1.54) is 44.3 Å². The van der Waals surface area contributed by atoms with Crippen LogP contribution in [0.3, 0.4) is 0 Å². The van der Waals surface area contributed by atoms with E-state index in [-0.39, 0.29) is 0 Å². The standard InChI is InChI=1S/C22H36N2/c1-16(2)23-12-10-21-14-20(8-9-22(21)15-23)13-18(4)24-11-6-7-17(3)19(24)5/h8-9,14,16-19H,6-7,10-13,15H2,1-5H3. The highest BCUT2D eigenvalue weighted by Gasteiger charge is 2.28. The average molecular weight is 329 g/mol. The van der Waals surface area contributed by atoms with Gasteiger partial charge in [0.1, 0.15) is 0 Å². The number of piperidine rings is 1. The number of benzene rings is 1. The van der Waals surface area contributed by atoms with Crippen LogP contribution < -0.4 is 0 Å². The van der Waals surface area contributed by atoms with Crippen LogP contribution in [0, 0.1) is 5.92 Å². The Hall–Kier alpha value is -0.860. The second-order valence-corrected chi connectivity index (χ2v) is 8.57. The molecule has 2 aliphatic heterocycles. The van der Waals surface area contributed by atoms with E-state index in [9.17, 15) is 0 Å². The smallest absolute Gasteiger partial charge is 0.0239 e. The fraction of sp³-hybridized carbons (Fsp3) is 0.727. The monoisotopic (exact) mass is 328 g/mol. The van der Waals surface area contributed by atoms with Crippen LogP contribution >= 0.6 is 0 Å². The van der Waals surface area contributed by atoms with Crippen LogP contribution in [0.4, 0.5) is 0 Å². The molecule has 0 aromatic heterocycles. The first-order chi connectivity index (χ1) is 11.5. The molecule has 1 aromatic rings. The molecule has 3 atom stereocenters. The molecular weight excluding hydrogens is 292 g/mol. The van der Waals surface area contributed by atoms with E-state index in [2.05, 4.69) is 62.6 Å². The minimum absolute atomic E-state index is 0.650. The van der Waals surface area contributed by atoms with E-state index in [0.29, 0.717) is 12.1 Å². The average Bonchev–Trinajstić information content (AvgIpc) is 2.56. The van der Waals surface area contributed by atoms with Crippen LogP contribution in [0.5, 0.6) is 0 Å². The quantitative estimate of drug-likeness (QED) is 0.802. The molecule has 0 radical (unpaired) electrons. The molecule has 1 saturated heterocycles. The van der Waals surface area contributed by atoms with E-state index >= 15 is 0 Å². The minimum atomic E-state index is 0.650. The molecule has 3 rings (SSSR count). The van der Waals surface area contributed by atoms with Gasteiger partial charge in [-0.3, -0.25) is 9.80 Å². The van der Waals surface area contributed by atoms with Gasteiger partial charge < -0.3 is 0 Å². The maximum absolute atomic E-state index is 2.74. The summed E-state index contributed by atoms with van der Waals surface area (Å²) in [5.41, 5.74) is 4.67. The van der Waals surface area contributed by atoms with Gasteiger partial charge in [0, 0.05) is 31.2 Å². The predicted octanol–water partition coefficient (Wildman–Crippen LogP) is 4.50. The van der Waals surface area contributed by atoms with Gasteiger partial charge in [-0.1, -0.05) is 25.1 Å². The lowest BCUT2D eigenvalue weighted by Crippen LogP contribution is -2.48. The van der Waals surface area contributed by atoms with Crippen molar-refractivity contribution in [2.24, 2.45) is 5.92 Å². The van der Waals surface area contributed by atoms with Crippen LogP contribution in [-0.4, -0.2) is 41.0 Å². The highest BCUT2D eigenvalue weighted by Crippen LogP contribution is 2.27. The van der Waals surface area contributed by atoms with Gasteiger partial charge in [0.05, 0.1) is 0 Å². The molecule has 24 heavy (non-hydrogen) atoms. The Morgan fingerprint density at radius 3 is 2.62 bits per heavy atom. The fourth-order valence-corrected chi connectivity index (χ4v) is 4.64. The molecule has 0 bridgehead atoms. The van der Waals surface area contributed by atoms with E-state index in [1.54, 1.807) is 11.1 Å². The van der Waals surface area contributed by atoms with Crippen molar-refractivity contribution in [3.63, 3.8) is 0 Å². The van der Waals surface area contributed by atoms with Crippen molar-refractivity contribution in [3.8, 4) is 0 Å². The Kier molecular flexibility index (Phi) is 5.66. The summed E-state index contributed by atoms with van der Waals surface area (Å²) < 4.78 is 0. The molecular formula is C22H36N2. The molecule has 2 aliphatic rings. The summed E-state index contributed by atoms with van der Waals surface area (Å²) in [6.07, 6.45) is 5.17. The lowest BCUT2D eigenvalue weighted by Gasteiger charge is -2.42. The minimum Gasteiger partial charge on any atom is -0.297 e. The number of likely N-dealkylation sites (tertiary alicyclic amines) is 1. The van der Waals surface area contributed by atoms with Gasteiger partial charge in [0.25, 0.3) is 0 Å². The van der Waals surface area contributed by atoms with Crippen LogP contribution in [0.1, 0.15) is 64.2 Å². The molecule has 3 unspecified atom stereocenters. The van der Waals surface area contributed by atoms with Crippen LogP contribution in [-0.2, 0) is 19.4 Å². The second kappa shape index (κ2) is 7.58. The molecule has 134 valence electrons. The molecule has 0 amide bonds. The normalized spacial score (nSPS) is 27.2. The third-order valence-electron chi connectivity index (χ3n) is 6.56. The third-order valence-corrected chi connectivity index (χ3v) is 6.56. The zero-order chi connectivity index (χ0) is 17.3. The van der Waals surface area contributed by atoms with Crippen molar-refractivity contribution in [1.29, 1.82) is 0 Å². The van der Waals surface area contributed by atoms with Gasteiger partial charge in [-0.2, -0.15) is 0 Å². The SMILES string of the molecule is CC1CCCN(C(C)Cc2ccc3c(c2)CCN(C(C)C)C3)C1C. The van der Waals surface area contributed by atoms with E-state index < -0.39 is 0 Å². The zero-order valence-corrected chi connectivity index (χ0v) is 16.4. The van der Waals surface area contributed by atoms with Gasteiger partial charge >= 0.3 is 0 Å². The topological polar surface area (TPSA) is 6.48 Å². The Morgan fingerprint density at radius 2 is 1.88 bits per heavy atom. The molecule has 1 aromatic carbocycles. The van der Waals surface area contributed by atoms with Crippen molar-refractivity contribution < 1.29 is 0 Å². The number of nitrogens with zero attached hydrogens (tertiary/aromatic N) is 2. The number of hydrogen-bond donors (Lipinski definition) is 0. The molecule has 0 aliphatic carbocycles. The molecule has 2 nitrogen and oxygen atoms in total. The van der Waals surface area contributed by atoms with E-state index in [1.807, 2.05) is 0 Å².